The normalized spacial score (nSPS) is 15.9. The van der Waals surface area contributed by atoms with Gasteiger partial charge < -0.3 is 15.0 Å². The molecular weight excluding hydrogens is 374 g/mol. The van der Waals surface area contributed by atoms with Crippen molar-refractivity contribution in [1.29, 1.82) is 0 Å². The summed E-state index contributed by atoms with van der Waals surface area (Å²) in [6.45, 7) is 14.5. The molecule has 1 heterocycles. The molecule has 1 amide bonds. The highest BCUT2D eigenvalue weighted by Crippen LogP contribution is 2.30. The molecule has 0 aromatic heterocycles. The fourth-order valence-corrected chi connectivity index (χ4v) is 4.08. The molecule has 1 fully saturated rings. The lowest BCUT2D eigenvalue weighted by Gasteiger charge is -2.39. The van der Waals surface area contributed by atoms with Gasteiger partial charge in [-0.1, -0.05) is 44.2 Å². The van der Waals surface area contributed by atoms with Crippen LogP contribution < -0.4 is 15.0 Å². The smallest absolute Gasteiger partial charge is 0.241 e. The first-order valence-electron chi connectivity index (χ1n) is 11.0. The van der Waals surface area contributed by atoms with Gasteiger partial charge >= 0.3 is 0 Å². The molecule has 1 aliphatic rings. The Hall–Kier alpha value is -2.53. The van der Waals surface area contributed by atoms with Crippen LogP contribution in [0.5, 0.6) is 5.75 Å². The number of carbonyl (C=O) groups excluding carboxylic acids is 1. The van der Waals surface area contributed by atoms with E-state index in [1.54, 1.807) is 0 Å². The van der Waals surface area contributed by atoms with E-state index in [4.69, 9.17) is 4.74 Å². The Morgan fingerprint density at radius 3 is 2.40 bits per heavy atom. The van der Waals surface area contributed by atoms with Crippen LogP contribution in [0, 0.1) is 6.92 Å². The van der Waals surface area contributed by atoms with Crippen LogP contribution in [-0.2, 0) is 4.79 Å². The topological polar surface area (TPSA) is 44.8 Å². The third-order valence-electron chi connectivity index (χ3n) is 5.92. The minimum absolute atomic E-state index is 0.0642. The lowest BCUT2D eigenvalue weighted by atomic mass is 9.98. The van der Waals surface area contributed by atoms with Crippen LogP contribution in [0.4, 0.5) is 11.4 Å². The van der Waals surface area contributed by atoms with E-state index in [2.05, 4.69) is 66.2 Å². The van der Waals surface area contributed by atoms with E-state index in [-0.39, 0.29) is 11.9 Å². The first kappa shape index (κ1) is 22.2. The Morgan fingerprint density at radius 2 is 1.73 bits per heavy atom. The minimum atomic E-state index is -0.172. The predicted molar refractivity (Wildman–Crippen MR) is 125 cm³/mol. The van der Waals surface area contributed by atoms with Gasteiger partial charge in [0, 0.05) is 31.9 Å². The lowest BCUT2D eigenvalue weighted by molar-refractivity contribution is -0.120. The summed E-state index contributed by atoms with van der Waals surface area (Å²) in [6, 6.07) is 14.2. The Kier molecular flexibility index (Phi) is 7.38. The molecule has 1 aliphatic heterocycles. The average Bonchev–Trinajstić information content (AvgIpc) is 2.75. The maximum absolute atomic E-state index is 13.0. The number of amides is 1. The molecule has 30 heavy (non-hydrogen) atoms. The van der Waals surface area contributed by atoms with E-state index >= 15 is 0 Å². The Morgan fingerprint density at radius 1 is 1.03 bits per heavy atom. The molecule has 5 nitrogen and oxygen atoms in total. The first-order valence-corrected chi connectivity index (χ1v) is 11.0. The highest BCUT2D eigenvalue weighted by molar-refractivity contribution is 5.96. The van der Waals surface area contributed by atoms with Gasteiger partial charge in [-0.05, 0) is 49.9 Å². The third kappa shape index (κ3) is 4.96. The van der Waals surface area contributed by atoms with Crippen molar-refractivity contribution in [3.8, 4) is 5.75 Å². The molecule has 0 spiro atoms. The molecule has 0 aliphatic carbocycles. The molecule has 5 heteroatoms. The molecule has 1 N–H and O–H groups in total. The van der Waals surface area contributed by atoms with E-state index in [0.717, 1.165) is 48.9 Å². The van der Waals surface area contributed by atoms with Gasteiger partial charge in [0.2, 0.25) is 5.91 Å². The number of rotatable bonds is 7. The quantitative estimate of drug-likeness (QED) is 0.722. The number of para-hydroxylation sites is 3. The van der Waals surface area contributed by atoms with Gasteiger partial charge in [0.15, 0.2) is 0 Å². The van der Waals surface area contributed by atoms with E-state index in [9.17, 15) is 4.79 Å². The number of carbonyl (C=O) groups is 1. The third-order valence-corrected chi connectivity index (χ3v) is 5.92. The monoisotopic (exact) mass is 409 g/mol. The number of hydrogen-bond donors (Lipinski definition) is 1. The lowest BCUT2D eigenvalue weighted by Crippen LogP contribution is -2.53. The molecule has 0 bridgehead atoms. The number of hydrogen-bond acceptors (Lipinski definition) is 4. The summed E-state index contributed by atoms with van der Waals surface area (Å²) < 4.78 is 5.79. The van der Waals surface area contributed by atoms with Crippen LogP contribution >= 0.6 is 0 Å². The van der Waals surface area contributed by atoms with Gasteiger partial charge in [-0.25, -0.2) is 0 Å². The van der Waals surface area contributed by atoms with Crippen LogP contribution in [0.25, 0.3) is 0 Å². The van der Waals surface area contributed by atoms with Crippen molar-refractivity contribution in [1.82, 2.24) is 4.90 Å². The Labute approximate surface area is 181 Å². The molecule has 0 unspecified atom stereocenters. The van der Waals surface area contributed by atoms with E-state index in [0.29, 0.717) is 12.5 Å². The van der Waals surface area contributed by atoms with Crippen LogP contribution in [0.2, 0.25) is 0 Å². The Balaban J connectivity index is 1.63. The van der Waals surface area contributed by atoms with Crippen molar-refractivity contribution >= 4 is 17.3 Å². The molecule has 0 radical (unpaired) electrons. The second-order valence-electron chi connectivity index (χ2n) is 8.28. The standard InChI is InChI=1S/C25H35N3O2/c1-6-30-23-13-8-7-12-22(23)28-16-14-27(15-17-28)20(5)25(29)26-24-19(4)10-9-11-21(24)18(2)3/h7-13,18,20H,6,14-17H2,1-5H3,(H,26,29)/t20-/m1/s1. The number of nitrogens with zero attached hydrogens (tertiary/aromatic N) is 2. The molecule has 1 saturated heterocycles. The van der Waals surface area contributed by atoms with Gasteiger partial charge in [0.1, 0.15) is 5.75 Å². The minimum Gasteiger partial charge on any atom is -0.492 e. The van der Waals surface area contributed by atoms with Gasteiger partial charge in [-0.15, -0.1) is 0 Å². The summed E-state index contributed by atoms with van der Waals surface area (Å²) in [6.07, 6.45) is 0. The molecule has 2 aromatic rings. The number of nitrogens with one attached hydrogen (secondary N) is 1. The summed E-state index contributed by atoms with van der Waals surface area (Å²) in [4.78, 5) is 17.7. The van der Waals surface area contributed by atoms with Crippen LogP contribution in [0.3, 0.4) is 0 Å². The summed E-state index contributed by atoms with van der Waals surface area (Å²) in [5.41, 5.74) is 4.40. The van der Waals surface area contributed by atoms with Gasteiger partial charge in [-0.2, -0.15) is 0 Å². The maximum atomic E-state index is 13.0. The predicted octanol–water partition coefficient (Wildman–Crippen LogP) is 4.67. The molecule has 0 saturated carbocycles. The number of aryl methyl sites for hydroxylation is 1. The number of piperazine rings is 1. The maximum Gasteiger partial charge on any atom is 0.241 e. The molecular formula is C25H35N3O2. The van der Waals surface area contributed by atoms with Gasteiger partial charge in [0.05, 0.1) is 18.3 Å². The van der Waals surface area contributed by atoms with Crippen molar-refractivity contribution in [3.05, 3.63) is 53.6 Å². The van der Waals surface area contributed by atoms with E-state index < -0.39 is 0 Å². The zero-order valence-corrected chi connectivity index (χ0v) is 18.9. The first-order chi connectivity index (χ1) is 14.4. The number of benzene rings is 2. The zero-order chi connectivity index (χ0) is 21.7. The summed E-state index contributed by atoms with van der Waals surface area (Å²) in [5.74, 6) is 1.36. The van der Waals surface area contributed by atoms with E-state index in [1.165, 1.54) is 5.56 Å². The highest BCUT2D eigenvalue weighted by Gasteiger charge is 2.27. The second kappa shape index (κ2) is 9.98. The fraction of sp³-hybridized carbons (Fsp3) is 0.480. The van der Waals surface area contributed by atoms with Crippen molar-refractivity contribution in [2.24, 2.45) is 0 Å². The molecule has 1 atom stereocenters. The van der Waals surface area contributed by atoms with Gasteiger partial charge in [-0.3, -0.25) is 9.69 Å². The molecule has 162 valence electrons. The van der Waals surface area contributed by atoms with Crippen molar-refractivity contribution in [2.45, 2.75) is 46.6 Å². The zero-order valence-electron chi connectivity index (χ0n) is 18.9. The fourth-order valence-electron chi connectivity index (χ4n) is 4.08. The Bertz CT molecular complexity index is 857. The van der Waals surface area contributed by atoms with Crippen LogP contribution in [0.15, 0.2) is 42.5 Å². The van der Waals surface area contributed by atoms with Crippen molar-refractivity contribution in [2.75, 3.05) is 43.0 Å². The van der Waals surface area contributed by atoms with Crippen LogP contribution in [0.1, 0.15) is 44.7 Å². The molecule has 3 rings (SSSR count). The SMILES string of the molecule is CCOc1ccccc1N1CCN([C@H](C)C(=O)Nc2c(C)cccc2C(C)C)CC1. The van der Waals surface area contributed by atoms with Crippen molar-refractivity contribution < 1.29 is 9.53 Å². The summed E-state index contributed by atoms with van der Waals surface area (Å²) >= 11 is 0. The van der Waals surface area contributed by atoms with E-state index in [1.807, 2.05) is 26.0 Å². The van der Waals surface area contributed by atoms with Crippen molar-refractivity contribution in [3.63, 3.8) is 0 Å². The second-order valence-corrected chi connectivity index (χ2v) is 8.28. The van der Waals surface area contributed by atoms with Gasteiger partial charge in [0.25, 0.3) is 0 Å². The summed E-state index contributed by atoms with van der Waals surface area (Å²) in [7, 11) is 0. The number of ether oxygens (including phenoxy) is 1. The summed E-state index contributed by atoms with van der Waals surface area (Å²) in [5, 5.41) is 3.21. The molecule has 2 aromatic carbocycles. The highest BCUT2D eigenvalue weighted by atomic mass is 16.5. The van der Waals surface area contributed by atoms with Crippen LogP contribution in [-0.4, -0.2) is 49.6 Å². The largest absolute Gasteiger partial charge is 0.492 e. The average molecular weight is 410 g/mol. The number of anilines is 2.